The largest absolute Gasteiger partial charge is 0.396 e. The lowest BCUT2D eigenvalue weighted by atomic mass is 9.95. The van der Waals surface area contributed by atoms with Crippen LogP contribution >= 0.6 is 11.6 Å². The van der Waals surface area contributed by atoms with Crippen LogP contribution in [0, 0.1) is 0 Å². The van der Waals surface area contributed by atoms with Gasteiger partial charge in [0.05, 0.1) is 17.5 Å². The number of nitrogens with one attached hydrogen (secondary N) is 2. The second-order valence-corrected chi connectivity index (χ2v) is 7.37. The molecule has 1 aliphatic heterocycles. The maximum absolute atomic E-state index is 13.3. The van der Waals surface area contributed by atoms with Crippen LogP contribution in [0.5, 0.6) is 0 Å². The van der Waals surface area contributed by atoms with Gasteiger partial charge in [-0.3, -0.25) is 9.78 Å². The van der Waals surface area contributed by atoms with Crippen molar-refractivity contribution in [3.8, 4) is 0 Å². The Balaban J connectivity index is 1.75. The number of carbonyl (C=O) groups excluding carboxylic acids is 1. The van der Waals surface area contributed by atoms with Crippen molar-refractivity contribution < 1.29 is 9.90 Å². The highest BCUT2D eigenvalue weighted by Gasteiger charge is 2.34. The fraction of sp³-hybridized carbons (Fsp3) is 0.238. The van der Waals surface area contributed by atoms with Crippen LogP contribution in [0.4, 0.5) is 11.6 Å². The molecule has 0 spiro atoms. The number of carbonyl (C=O) groups is 1. The smallest absolute Gasteiger partial charge is 0.255 e. The molecule has 1 unspecified atom stereocenters. The number of aryl methyl sites for hydroxylation is 1. The number of fused-ring (bicyclic) bond motifs is 1. The number of aromatic nitrogens is 4. The maximum Gasteiger partial charge on any atom is 0.255 e. The number of amides is 1. The molecule has 0 saturated heterocycles. The Hall–Kier alpha value is -3.23. The van der Waals surface area contributed by atoms with Crippen molar-refractivity contribution in [2.24, 2.45) is 0 Å². The van der Waals surface area contributed by atoms with Crippen molar-refractivity contribution in [2.45, 2.75) is 25.8 Å². The first kappa shape index (κ1) is 20.1. The molecule has 2 aromatic heterocycles. The fourth-order valence-electron chi connectivity index (χ4n) is 3.42. The summed E-state index contributed by atoms with van der Waals surface area (Å²) >= 11 is 6.08. The standard InChI is InChI=1S/C21H21ClN6O2/c1-13-18(20(30)25-16-4-2-10-23-12-16)19(14-6-8-15(22)9-7-14)28-21(24-13)26-17(27-28)5-3-11-29/h2,4,6-10,12,19,29H,3,5,11H2,1H3,(H,25,30)(H,24,26,27). The molecule has 4 rings (SSSR count). The molecule has 9 heteroatoms. The molecule has 8 nitrogen and oxygen atoms in total. The molecule has 3 N–H and O–H groups in total. The maximum atomic E-state index is 13.3. The molecular formula is C21H21ClN6O2. The first-order valence-corrected chi connectivity index (χ1v) is 9.95. The third kappa shape index (κ3) is 4.05. The molecule has 0 saturated carbocycles. The lowest BCUT2D eigenvalue weighted by molar-refractivity contribution is -0.113. The summed E-state index contributed by atoms with van der Waals surface area (Å²) in [5.74, 6) is 0.900. The van der Waals surface area contributed by atoms with Gasteiger partial charge in [0, 0.05) is 29.9 Å². The number of aliphatic hydroxyl groups is 1. The van der Waals surface area contributed by atoms with E-state index >= 15 is 0 Å². The van der Waals surface area contributed by atoms with Gasteiger partial charge in [0.2, 0.25) is 5.95 Å². The van der Waals surface area contributed by atoms with E-state index in [1.165, 1.54) is 0 Å². The Morgan fingerprint density at radius 3 is 2.80 bits per heavy atom. The molecule has 3 heterocycles. The number of rotatable bonds is 6. The Kier molecular flexibility index (Phi) is 5.78. The summed E-state index contributed by atoms with van der Waals surface area (Å²) in [6.07, 6.45) is 4.35. The summed E-state index contributed by atoms with van der Waals surface area (Å²) in [6.45, 7) is 1.90. The van der Waals surface area contributed by atoms with Gasteiger partial charge in [-0.1, -0.05) is 23.7 Å². The number of halogens is 1. The van der Waals surface area contributed by atoms with Crippen LogP contribution in [-0.2, 0) is 11.2 Å². The zero-order chi connectivity index (χ0) is 21.1. The van der Waals surface area contributed by atoms with E-state index < -0.39 is 6.04 Å². The molecule has 0 radical (unpaired) electrons. The predicted molar refractivity (Wildman–Crippen MR) is 114 cm³/mol. The van der Waals surface area contributed by atoms with Crippen molar-refractivity contribution in [1.82, 2.24) is 19.7 Å². The molecule has 0 bridgehead atoms. The van der Waals surface area contributed by atoms with Gasteiger partial charge in [-0.15, -0.1) is 0 Å². The number of pyridine rings is 1. The topological polar surface area (TPSA) is 105 Å². The fourth-order valence-corrected chi connectivity index (χ4v) is 3.55. The van der Waals surface area contributed by atoms with E-state index in [9.17, 15) is 4.79 Å². The van der Waals surface area contributed by atoms with Crippen LogP contribution in [0.15, 0.2) is 60.1 Å². The van der Waals surface area contributed by atoms with Gasteiger partial charge in [-0.2, -0.15) is 10.1 Å². The van der Waals surface area contributed by atoms with E-state index in [0.29, 0.717) is 46.6 Å². The third-order valence-corrected chi connectivity index (χ3v) is 5.06. The monoisotopic (exact) mass is 424 g/mol. The molecule has 0 aliphatic carbocycles. The summed E-state index contributed by atoms with van der Waals surface area (Å²) < 4.78 is 1.71. The summed E-state index contributed by atoms with van der Waals surface area (Å²) in [5.41, 5.74) is 2.67. The van der Waals surface area contributed by atoms with Gasteiger partial charge in [-0.05, 0) is 43.2 Å². The zero-order valence-electron chi connectivity index (χ0n) is 16.3. The molecule has 1 amide bonds. The molecule has 1 atom stereocenters. The van der Waals surface area contributed by atoms with E-state index in [0.717, 1.165) is 5.56 Å². The Bertz CT molecular complexity index is 1080. The van der Waals surface area contributed by atoms with E-state index in [-0.39, 0.29) is 12.5 Å². The van der Waals surface area contributed by atoms with E-state index in [1.807, 2.05) is 19.1 Å². The van der Waals surface area contributed by atoms with E-state index in [2.05, 4.69) is 25.7 Å². The predicted octanol–water partition coefficient (Wildman–Crippen LogP) is 3.18. The average molecular weight is 425 g/mol. The number of hydrogen-bond acceptors (Lipinski definition) is 6. The minimum Gasteiger partial charge on any atom is -0.396 e. The van der Waals surface area contributed by atoms with E-state index in [4.69, 9.17) is 16.7 Å². The number of anilines is 2. The Morgan fingerprint density at radius 1 is 1.30 bits per heavy atom. The highest BCUT2D eigenvalue weighted by molar-refractivity contribution is 6.30. The van der Waals surface area contributed by atoms with Crippen molar-refractivity contribution in [2.75, 3.05) is 17.2 Å². The number of benzene rings is 1. The first-order valence-electron chi connectivity index (χ1n) is 9.57. The highest BCUT2D eigenvalue weighted by Crippen LogP contribution is 2.36. The van der Waals surface area contributed by atoms with E-state index in [1.54, 1.807) is 41.3 Å². The van der Waals surface area contributed by atoms with Gasteiger partial charge in [-0.25, -0.2) is 4.68 Å². The van der Waals surface area contributed by atoms with Gasteiger partial charge in [0.15, 0.2) is 5.82 Å². The molecule has 154 valence electrons. The third-order valence-electron chi connectivity index (χ3n) is 4.80. The van der Waals surface area contributed by atoms with Crippen LogP contribution in [-0.4, -0.2) is 37.4 Å². The van der Waals surface area contributed by atoms with Crippen LogP contribution in [0.2, 0.25) is 5.02 Å². The van der Waals surface area contributed by atoms with Crippen LogP contribution < -0.4 is 10.6 Å². The number of hydrogen-bond donors (Lipinski definition) is 3. The van der Waals surface area contributed by atoms with Gasteiger partial charge >= 0.3 is 0 Å². The molecule has 1 aliphatic rings. The minimum atomic E-state index is -0.481. The highest BCUT2D eigenvalue weighted by atomic mass is 35.5. The average Bonchev–Trinajstić information content (AvgIpc) is 3.15. The zero-order valence-corrected chi connectivity index (χ0v) is 17.1. The van der Waals surface area contributed by atoms with Gasteiger partial charge < -0.3 is 15.7 Å². The Morgan fingerprint density at radius 2 is 2.10 bits per heavy atom. The van der Waals surface area contributed by atoms with Crippen LogP contribution in [0.25, 0.3) is 0 Å². The van der Waals surface area contributed by atoms with Gasteiger partial charge in [0.25, 0.3) is 5.91 Å². The van der Waals surface area contributed by atoms with Crippen molar-refractivity contribution in [3.63, 3.8) is 0 Å². The lowest BCUT2D eigenvalue weighted by Crippen LogP contribution is -2.31. The molecule has 1 aromatic carbocycles. The number of aliphatic hydroxyl groups excluding tert-OH is 1. The second kappa shape index (κ2) is 8.64. The quantitative estimate of drug-likeness (QED) is 0.561. The van der Waals surface area contributed by atoms with Gasteiger partial charge in [0.1, 0.15) is 6.04 Å². The molecule has 3 aromatic rings. The Labute approximate surface area is 178 Å². The normalized spacial score (nSPS) is 15.5. The first-order chi connectivity index (χ1) is 14.6. The van der Waals surface area contributed by atoms with Crippen molar-refractivity contribution in [1.29, 1.82) is 0 Å². The van der Waals surface area contributed by atoms with Crippen LogP contribution in [0.3, 0.4) is 0 Å². The summed E-state index contributed by atoms with van der Waals surface area (Å²) in [4.78, 5) is 21.8. The summed E-state index contributed by atoms with van der Waals surface area (Å²) in [6, 6.07) is 10.4. The molecule has 0 fully saturated rings. The van der Waals surface area contributed by atoms with Crippen molar-refractivity contribution >= 4 is 29.1 Å². The van der Waals surface area contributed by atoms with Crippen molar-refractivity contribution in [3.05, 3.63) is 76.5 Å². The number of nitrogens with zero attached hydrogens (tertiary/aromatic N) is 4. The second-order valence-electron chi connectivity index (χ2n) is 6.94. The SMILES string of the molecule is CC1=C(C(=O)Nc2cccnc2)C(c2ccc(Cl)cc2)n2nc(CCCO)nc2N1. The molecular weight excluding hydrogens is 404 g/mol. The molecule has 30 heavy (non-hydrogen) atoms. The summed E-state index contributed by atoms with van der Waals surface area (Å²) in [5, 5.41) is 20.4. The number of allylic oxidation sites excluding steroid dienone is 1. The summed E-state index contributed by atoms with van der Waals surface area (Å²) in [7, 11) is 0. The minimum absolute atomic E-state index is 0.0635. The lowest BCUT2D eigenvalue weighted by Gasteiger charge is -2.28. The van der Waals surface area contributed by atoms with Crippen LogP contribution in [0.1, 0.15) is 30.8 Å².